The first-order valence-electron chi connectivity index (χ1n) is 14.3. The van der Waals surface area contributed by atoms with Gasteiger partial charge in [0, 0.05) is 43.1 Å². The minimum absolute atomic E-state index is 0.00281. The molecule has 13 heteroatoms. The van der Waals surface area contributed by atoms with Crippen molar-refractivity contribution in [2.24, 2.45) is 5.73 Å². The number of hydrogen-bond donors (Lipinski definition) is 4. The first-order chi connectivity index (χ1) is 21.0. The first-order valence-corrected chi connectivity index (χ1v) is 14.3. The summed E-state index contributed by atoms with van der Waals surface area (Å²) in [4.78, 5) is 64.0. The zero-order chi connectivity index (χ0) is 32.2. The van der Waals surface area contributed by atoms with E-state index in [4.69, 9.17) is 25.4 Å². The minimum Gasteiger partial charge on any atom is -0.491 e. The molecule has 0 radical (unpaired) electrons. The van der Waals surface area contributed by atoms with Crippen molar-refractivity contribution in [2.45, 2.75) is 51.6 Å². The number of nitrogens with zero attached hydrogens (tertiary/aromatic N) is 1. The standard InChI is InChI=1S/C31H39N5O8/c1-4-43-27(38)17-24(35-29(39)20-7-9-21(10-8-20)30(40)36-13-5-6-14-36)18-44-26-16-23(28(32)33)12-11-22(26)15-25(31(41)42-3)34-19(2)37/h7-12,16,24-25H,4-6,13-15,17-18H2,1-3H3,(H3,32,33)(H,34,37)(H,35,39)/t24-,25?/m1/s1. The quantitative estimate of drug-likeness (QED) is 0.140. The van der Waals surface area contributed by atoms with Crippen LogP contribution in [0.2, 0.25) is 0 Å². The molecule has 0 saturated carbocycles. The highest BCUT2D eigenvalue weighted by atomic mass is 16.5. The van der Waals surface area contributed by atoms with Crippen LogP contribution in [0.5, 0.6) is 5.75 Å². The Balaban J connectivity index is 1.80. The van der Waals surface area contributed by atoms with Crippen molar-refractivity contribution in [2.75, 3.05) is 33.4 Å². The first kappa shape index (κ1) is 33.6. The predicted molar refractivity (Wildman–Crippen MR) is 160 cm³/mol. The van der Waals surface area contributed by atoms with Gasteiger partial charge in [-0.2, -0.15) is 0 Å². The molecule has 2 aromatic carbocycles. The largest absolute Gasteiger partial charge is 0.491 e. The number of nitrogens with one attached hydrogen (secondary N) is 3. The van der Waals surface area contributed by atoms with Crippen LogP contribution in [0.1, 0.15) is 65.0 Å². The van der Waals surface area contributed by atoms with E-state index in [2.05, 4.69) is 10.6 Å². The van der Waals surface area contributed by atoms with E-state index in [1.807, 2.05) is 0 Å². The van der Waals surface area contributed by atoms with E-state index in [1.54, 1.807) is 48.2 Å². The van der Waals surface area contributed by atoms with Crippen molar-refractivity contribution in [1.82, 2.24) is 15.5 Å². The topological polar surface area (TPSA) is 190 Å². The second kappa shape index (κ2) is 16.1. The van der Waals surface area contributed by atoms with Gasteiger partial charge >= 0.3 is 11.9 Å². The van der Waals surface area contributed by atoms with Gasteiger partial charge in [-0.15, -0.1) is 0 Å². The van der Waals surface area contributed by atoms with Crippen LogP contribution in [0.15, 0.2) is 42.5 Å². The fraction of sp³-hybridized carbons (Fsp3) is 0.419. The number of nitrogen functional groups attached to an aromatic ring is 1. The summed E-state index contributed by atoms with van der Waals surface area (Å²) in [5.74, 6) is -2.23. The molecule has 0 aliphatic carbocycles. The molecule has 44 heavy (non-hydrogen) atoms. The third-order valence-corrected chi connectivity index (χ3v) is 6.95. The zero-order valence-corrected chi connectivity index (χ0v) is 25.1. The molecule has 1 aliphatic heterocycles. The normalized spacial score (nSPS) is 13.8. The van der Waals surface area contributed by atoms with Gasteiger partial charge in [0.05, 0.1) is 26.2 Å². The van der Waals surface area contributed by atoms with Crippen molar-refractivity contribution in [1.29, 1.82) is 5.41 Å². The third-order valence-electron chi connectivity index (χ3n) is 6.95. The summed E-state index contributed by atoms with van der Waals surface area (Å²) >= 11 is 0. The average Bonchev–Trinajstić information content (AvgIpc) is 3.54. The Hall–Kier alpha value is -4.94. The molecule has 1 heterocycles. The number of amidine groups is 1. The maximum atomic E-state index is 13.2. The Morgan fingerprint density at radius 1 is 0.977 bits per heavy atom. The van der Waals surface area contributed by atoms with Crippen LogP contribution in [-0.2, 0) is 30.3 Å². The van der Waals surface area contributed by atoms with Crippen molar-refractivity contribution < 1.29 is 38.2 Å². The summed E-state index contributed by atoms with van der Waals surface area (Å²) in [7, 11) is 1.20. The van der Waals surface area contributed by atoms with Crippen LogP contribution in [0, 0.1) is 5.41 Å². The molecule has 2 atom stereocenters. The number of esters is 2. The van der Waals surface area contributed by atoms with Gasteiger partial charge in [0.25, 0.3) is 11.8 Å². The number of ether oxygens (including phenoxy) is 3. The Morgan fingerprint density at radius 2 is 1.61 bits per heavy atom. The smallest absolute Gasteiger partial charge is 0.328 e. The van der Waals surface area contributed by atoms with Gasteiger partial charge in [0.15, 0.2) is 0 Å². The number of likely N-dealkylation sites (tertiary alicyclic amines) is 1. The molecule has 1 unspecified atom stereocenters. The molecule has 1 aliphatic rings. The molecular formula is C31H39N5O8. The van der Waals surface area contributed by atoms with Gasteiger partial charge in [0.2, 0.25) is 5.91 Å². The number of methoxy groups -OCH3 is 1. The Bertz CT molecular complexity index is 1370. The van der Waals surface area contributed by atoms with E-state index in [1.165, 1.54) is 20.1 Å². The molecule has 1 saturated heterocycles. The van der Waals surface area contributed by atoms with Crippen molar-refractivity contribution in [3.63, 3.8) is 0 Å². The summed E-state index contributed by atoms with van der Waals surface area (Å²) in [6.45, 7) is 4.32. The molecule has 2 aromatic rings. The Kier molecular flexibility index (Phi) is 12.2. The van der Waals surface area contributed by atoms with Crippen molar-refractivity contribution in [3.05, 3.63) is 64.7 Å². The maximum absolute atomic E-state index is 13.2. The predicted octanol–water partition coefficient (Wildman–Crippen LogP) is 1.56. The lowest BCUT2D eigenvalue weighted by atomic mass is 10.0. The fourth-order valence-corrected chi connectivity index (χ4v) is 4.72. The number of amides is 3. The second-order valence-electron chi connectivity index (χ2n) is 10.3. The molecule has 13 nitrogen and oxygen atoms in total. The molecular weight excluding hydrogens is 570 g/mol. The number of rotatable bonds is 14. The third kappa shape index (κ3) is 9.54. The van der Waals surface area contributed by atoms with Crippen LogP contribution >= 0.6 is 0 Å². The molecule has 3 rings (SSSR count). The zero-order valence-electron chi connectivity index (χ0n) is 25.1. The van der Waals surface area contributed by atoms with Crippen LogP contribution < -0.4 is 21.1 Å². The monoisotopic (exact) mass is 609 g/mol. The van der Waals surface area contributed by atoms with E-state index in [9.17, 15) is 24.0 Å². The number of nitrogens with two attached hydrogens (primary N) is 1. The van der Waals surface area contributed by atoms with Crippen LogP contribution in [0.4, 0.5) is 0 Å². The molecule has 0 aromatic heterocycles. The van der Waals surface area contributed by atoms with Crippen LogP contribution in [0.3, 0.4) is 0 Å². The Morgan fingerprint density at radius 3 is 2.20 bits per heavy atom. The SMILES string of the molecule is CCOC(=O)C[C@H](COc1cc(C(=N)N)ccc1CC(NC(C)=O)C(=O)OC)NC(=O)c1ccc(C(=O)N2CCCC2)cc1. The average molecular weight is 610 g/mol. The molecule has 3 amide bonds. The lowest BCUT2D eigenvalue weighted by Gasteiger charge is -2.22. The minimum atomic E-state index is -1.02. The number of benzene rings is 2. The highest BCUT2D eigenvalue weighted by Crippen LogP contribution is 2.23. The molecule has 0 bridgehead atoms. The highest BCUT2D eigenvalue weighted by molar-refractivity contribution is 5.98. The molecule has 1 fully saturated rings. The number of carbonyl (C=O) groups excluding carboxylic acids is 5. The van der Waals surface area contributed by atoms with Gasteiger partial charge in [-0.25, -0.2) is 4.79 Å². The van der Waals surface area contributed by atoms with E-state index in [-0.39, 0.29) is 49.1 Å². The lowest BCUT2D eigenvalue weighted by Crippen LogP contribution is -2.42. The summed E-state index contributed by atoms with van der Waals surface area (Å²) in [6, 6.07) is 9.10. The van der Waals surface area contributed by atoms with Crippen molar-refractivity contribution >= 4 is 35.5 Å². The summed E-state index contributed by atoms with van der Waals surface area (Å²) in [6.07, 6.45) is 1.73. The summed E-state index contributed by atoms with van der Waals surface area (Å²) in [5, 5.41) is 13.1. The highest BCUT2D eigenvalue weighted by Gasteiger charge is 2.25. The maximum Gasteiger partial charge on any atom is 0.328 e. The van der Waals surface area contributed by atoms with E-state index in [0.29, 0.717) is 29.8 Å². The van der Waals surface area contributed by atoms with Crippen LogP contribution in [-0.4, -0.2) is 85.9 Å². The van der Waals surface area contributed by atoms with Crippen molar-refractivity contribution in [3.8, 4) is 5.75 Å². The van der Waals surface area contributed by atoms with E-state index >= 15 is 0 Å². The van der Waals surface area contributed by atoms with E-state index < -0.39 is 35.8 Å². The molecule has 5 N–H and O–H groups in total. The van der Waals surface area contributed by atoms with Gasteiger partial charge < -0.3 is 35.5 Å². The number of carbonyl (C=O) groups is 5. The van der Waals surface area contributed by atoms with Crippen LogP contribution in [0.25, 0.3) is 0 Å². The fourth-order valence-electron chi connectivity index (χ4n) is 4.72. The lowest BCUT2D eigenvalue weighted by molar-refractivity contribution is -0.145. The summed E-state index contributed by atoms with van der Waals surface area (Å²) in [5.41, 5.74) is 7.27. The van der Waals surface area contributed by atoms with Gasteiger partial charge in [-0.3, -0.25) is 24.6 Å². The number of hydrogen-bond acceptors (Lipinski definition) is 9. The molecule has 236 valence electrons. The van der Waals surface area contributed by atoms with Gasteiger partial charge in [0.1, 0.15) is 24.2 Å². The van der Waals surface area contributed by atoms with E-state index in [0.717, 1.165) is 12.8 Å². The summed E-state index contributed by atoms with van der Waals surface area (Å²) < 4.78 is 15.9. The Labute approximate surface area is 255 Å². The van der Waals surface area contributed by atoms with Gasteiger partial charge in [-0.1, -0.05) is 12.1 Å². The second-order valence-corrected chi connectivity index (χ2v) is 10.3. The van der Waals surface area contributed by atoms with Gasteiger partial charge in [-0.05, 0) is 55.7 Å². The molecule has 0 spiro atoms.